The standard InChI is InChI=1S/C16H21NO3/c1-4-19-15-8-7-13(10-16(15)18-3)11-17-12(2)14-6-5-9-20-14/h5-10,12,17H,4,11H2,1-3H3/t12-/m0/s1. The maximum atomic E-state index is 5.51. The summed E-state index contributed by atoms with van der Waals surface area (Å²) in [5, 5.41) is 3.41. The Balaban J connectivity index is 1.99. The summed E-state index contributed by atoms with van der Waals surface area (Å²) in [5.41, 5.74) is 1.14. The second kappa shape index (κ2) is 7.01. The van der Waals surface area contributed by atoms with Gasteiger partial charge in [0.2, 0.25) is 0 Å². The summed E-state index contributed by atoms with van der Waals surface area (Å²) in [4.78, 5) is 0. The van der Waals surface area contributed by atoms with Crippen LogP contribution in [0.4, 0.5) is 0 Å². The van der Waals surface area contributed by atoms with E-state index in [-0.39, 0.29) is 6.04 Å². The fraction of sp³-hybridized carbons (Fsp3) is 0.375. The van der Waals surface area contributed by atoms with Crippen LogP contribution in [0.15, 0.2) is 41.0 Å². The first-order chi connectivity index (χ1) is 9.74. The zero-order valence-electron chi connectivity index (χ0n) is 12.2. The van der Waals surface area contributed by atoms with Gasteiger partial charge in [0, 0.05) is 6.54 Å². The molecular weight excluding hydrogens is 254 g/mol. The van der Waals surface area contributed by atoms with Crippen LogP contribution >= 0.6 is 0 Å². The Morgan fingerprint density at radius 1 is 1.25 bits per heavy atom. The largest absolute Gasteiger partial charge is 0.493 e. The molecular formula is C16H21NO3. The molecule has 0 amide bonds. The van der Waals surface area contributed by atoms with Gasteiger partial charge in [-0.05, 0) is 43.7 Å². The van der Waals surface area contributed by atoms with Gasteiger partial charge < -0.3 is 19.2 Å². The Kier molecular flexibility index (Phi) is 5.07. The molecule has 1 atom stereocenters. The molecule has 2 aromatic rings. The molecule has 20 heavy (non-hydrogen) atoms. The van der Waals surface area contributed by atoms with Crippen molar-refractivity contribution in [2.45, 2.75) is 26.4 Å². The molecule has 0 saturated heterocycles. The zero-order valence-corrected chi connectivity index (χ0v) is 12.2. The maximum absolute atomic E-state index is 5.51. The first kappa shape index (κ1) is 14.5. The normalized spacial score (nSPS) is 12.2. The average Bonchev–Trinajstić information content (AvgIpc) is 3.00. The lowest BCUT2D eigenvalue weighted by Gasteiger charge is -2.14. The van der Waals surface area contributed by atoms with Gasteiger partial charge in [-0.3, -0.25) is 0 Å². The highest BCUT2D eigenvalue weighted by atomic mass is 16.5. The molecule has 0 radical (unpaired) electrons. The van der Waals surface area contributed by atoms with E-state index in [2.05, 4.69) is 12.2 Å². The van der Waals surface area contributed by atoms with E-state index in [0.29, 0.717) is 6.61 Å². The lowest BCUT2D eigenvalue weighted by molar-refractivity contribution is 0.310. The first-order valence-electron chi connectivity index (χ1n) is 6.81. The van der Waals surface area contributed by atoms with Crippen LogP contribution < -0.4 is 14.8 Å². The van der Waals surface area contributed by atoms with Gasteiger partial charge in [-0.1, -0.05) is 6.07 Å². The first-order valence-corrected chi connectivity index (χ1v) is 6.81. The third-order valence-corrected chi connectivity index (χ3v) is 3.11. The second-order valence-electron chi connectivity index (χ2n) is 4.54. The van der Waals surface area contributed by atoms with E-state index in [9.17, 15) is 0 Å². The monoisotopic (exact) mass is 275 g/mol. The average molecular weight is 275 g/mol. The van der Waals surface area contributed by atoms with Crippen molar-refractivity contribution in [3.8, 4) is 11.5 Å². The number of hydrogen-bond donors (Lipinski definition) is 1. The highest BCUT2D eigenvalue weighted by Crippen LogP contribution is 2.28. The van der Waals surface area contributed by atoms with Gasteiger partial charge in [-0.2, -0.15) is 0 Å². The van der Waals surface area contributed by atoms with E-state index in [1.54, 1.807) is 13.4 Å². The summed E-state index contributed by atoms with van der Waals surface area (Å²) in [6.07, 6.45) is 1.69. The molecule has 4 heteroatoms. The van der Waals surface area contributed by atoms with Crippen LogP contribution in [0.25, 0.3) is 0 Å². The second-order valence-corrected chi connectivity index (χ2v) is 4.54. The van der Waals surface area contributed by atoms with Crippen molar-refractivity contribution < 1.29 is 13.9 Å². The summed E-state index contributed by atoms with van der Waals surface area (Å²) in [6, 6.07) is 10.0. The van der Waals surface area contributed by atoms with Crippen molar-refractivity contribution in [3.05, 3.63) is 47.9 Å². The molecule has 0 bridgehead atoms. The van der Waals surface area contributed by atoms with E-state index in [1.807, 2.05) is 37.3 Å². The Labute approximate surface area is 119 Å². The third-order valence-electron chi connectivity index (χ3n) is 3.11. The van der Waals surface area contributed by atoms with E-state index in [0.717, 1.165) is 29.4 Å². The van der Waals surface area contributed by atoms with E-state index < -0.39 is 0 Å². The van der Waals surface area contributed by atoms with Gasteiger partial charge in [0.25, 0.3) is 0 Å². The van der Waals surface area contributed by atoms with E-state index in [1.165, 1.54) is 0 Å². The van der Waals surface area contributed by atoms with Crippen molar-refractivity contribution in [3.63, 3.8) is 0 Å². The number of methoxy groups -OCH3 is 1. The SMILES string of the molecule is CCOc1ccc(CN[C@@H](C)c2ccco2)cc1OC. The van der Waals surface area contributed by atoms with Crippen LogP contribution in [-0.2, 0) is 6.54 Å². The highest BCUT2D eigenvalue weighted by molar-refractivity contribution is 5.42. The Morgan fingerprint density at radius 2 is 2.10 bits per heavy atom. The fourth-order valence-electron chi connectivity index (χ4n) is 2.01. The van der Waals surface area contributed by atoms with E-state index in [4.69, 9.17) is 13.9 Å². The molecule has 0 aliphatic carbocycles. The predicted molar refractivity (Wildman–Crippen MR) is 78.1 cm³/mol. The number of rotatable bonds is 7. The maximum Gasteiger partial charge on any atom is 0.161 e. The molecule has 1 N–H and O–H groups in total. The molecule has 1 aromatic heterocycles. The summed E-state index contributed by atoms with van der Waals surface area (Å²) < 4.78 is 16.2. The number of nitrogens with one attached hydrogen (secondary N) is 1. The molecule has 1 aromatic carbocycles. The lowest BCUT2D eigenvalue weighted by Crippen LogP contribution is -2.17. The van der Waals surface area contributed by atoms with Crippen molar-refractivity contribution in [1.29, 1.82) is 0 Å². The minimum absolute atomic E-state index is 0.169. The van der Waals surface area contributed by atoms with Gasteiger partial charge >= 0.3 is 0 Å². The molecule has 0 unspecified atom stereocenters. The van der Waals surface area contributed by atoms with E-state index >= 15 is 0 Å². The summed E-state index contributed by atoms with van der Waals surface area (Å²) >= 11 is 0. The smallest absolute Gasteiger partial charge is 0.161 e. The molecule has 4 nitrogen and oxygen atoms in total. The Morgan fingerprint density at radius 3 is 2.75 bits per heavy atom. The summed E-state index contributed by atoms with van der Waals surface area (Å²) in [5.74, 6) is 2.47. The highest BCUT2D eigenvalue weighted by Gasteiger charge is 2.09. The topological polar surface area (TPSA) is 43.6 Å². The number of hydrogen-bond acceptors (Lipinski definition) is 4. The van der Waals surface area contributed by atoms with Crippen LogP contribution in [0.3, 0.4) is 0 Å². The Bertz CT molecular complexity index is 523. The zero-order chi connectivity index (χ0) is 14.4. The van der Waals surface area contributed by atoms with Crippen LogP contribution in [-0.4, -0.2) is 13.7 Å². The van der Waals surface area contributed by atoms with Gasteiger partial charge in [-0.15, -0.1) is 0 Å². The third kappa shape index (κ3) is 3.54. The minimum Gasteiger partial charge on any atom is -0.493 e. The summed E-state index contributed by atoms with van der Waals surface area (Å²) in [7, 11) is 1.65. The van der Waals surface area contributed by atoms with Crippen molar-refractivity contribution >= 4 is 0 Å². The molecule has 0 aliphatic heterocycles. The number of ether oxygens (including phenoxy) is 2. The van der Waals surface area contributed by atoms with Gasteiger partial charge in [-0.25, -0.2) is 0 Å². The molecule has 2 rings (SSSR count). The lowest BCUT2D eigenvalue weighted by atomic mass is 10.1. The molecule has 0 spiro atoms. The predicted octanol–water partition coefficient (Wildman–Crippen LogP) is 3.54. The fourth-order valence-corrected chi connectivity index (χ4v) is 2.01. The molecule has 1 heterocycles. The molecule has 0 saturated carbocycles. The number of benzene rings is 1. The van der Waals surface area contributed by atoms with Gasteiger partial charge in [0.1, 0.15) is 5.76 Å². The van der Waals surface area contributed by atoms with Gasteiger partial charge in [0.05, 0.1) is 26.0 Å². The van der Waals surface area contributed by atoms with Crippen molar-refractivity contribution in [2.24, 2.45) is 0 Å². The van der Waals surface area contributed by atoms with Crippen LogP contribution in [0.5, 0.6) is 11.5 Å². The van der Waals surface area contributed by atoms with Crippen LogP contribution in [0, 0.1) is 0 Å². The van der Waals surface area contributed by atoms with Crippen molar-refractivity contribution in [2.75, 3.05) is 13.7 Å². The molecule has 0 fully saturated rings. The van der Waals surface area contributed by atoms with Crippen molar-refractivity contribution in [1.82, 2.24) is 5.32 Å². The van der Waals surface area contributed by atoms with Crippen LogP contribution in [0.1, 0.15) is 31.2 Å². The number of furan rings is 1. The van der Waals surface area contributed by atoms with Gasteiger partial charge in [0.15, 0.2) is 11.5 Å². The molecule has 0 aliphatic rings. The molecule has 108 valence electrons. The van der Waals surface area contributed by atoms with Crippen LogP contribution in [0.2, 0.25) is 0 Å². The Hall–Kier alpha value is -1.94. The quantitative estimate of drug-likeness (QED) is 0.839. The minimum atomic E-state index is 0.169. The summed E-state index contributed by atoms with van der Waals surface area (Å²) in [6.45, 7) is 5.40.